The average molecular weight is 945 g/mol. The van der Waals surface area contributed by atoms with Crippen molar-refractivity contribution in [2.75, 3.05) is 39.3 Å². The summed E-state index contributed by atoms with van der Waals surface area (Å²) in [5.74, 6) is 13.8. The third-order valence-corrected chi connectivity index (χ3v) is 11.6. The largest absolute Gasteiger partial charge is 0.444 e. The molecule has 68 heavy (non-hydrogen) atoms. The van der Waals surface area contributed by atoms with Gasteiger partial charge in [0.2, 0.25) is 0 Å². The van der Waals surface area contributed by atoms with Crippen LogP contribution >= 0.6 is 0 Å². The second-order valence-corrected chi connectivity index (χ2v) is 21.0. The molecule has 1 aliphatic carbocycles. The van der Waals surface area contributed by atoms with Gasteiger partial charge in [-0.3, -0.25) is 4.68 Å². The van der Waals surface area contributed by atoms with E-state index in [1.54, 1.807) is 4.90 Å². The molecule has 1 aromatic carbocycles. The Labute approximate surface area is 404 Å². The fourth-order valence-electron chi connectivity index (χ4n) is 8.00. The number of aliphatic hydroxyl groups excluding tert-OH is 4. The molecule has 374 valence electrons. The van der Waals surface area contributed by atoms with E-state index in [0.29, 0.717) is 38.9 Å². The van der Waals surface area contributed by atoms with Gasteiger partial charge in [-0.2, -0.15) is 0 Å². The summed E-state index contributed by atoms with van der Waals surface area (Å²) in [6.07, 6.45) is 10.3. The lowest BCUT2D eigenvalue weighted by molar-refractivity contribution is -0.00459. The van der Waals surface area contributed by atoms with E-state index in [-0.39, 0.29) is 61.6 Å². The van der Waals surface area contributed by atoms with Crippen LogP contribution in [0.2, 0.25) is 0 Å². The SMILES string of the molecule is C#C[C@@H]1CCN(C(=O)OC(C)(C)C)C[C@H]1O.CC(C)(C)OC(=O)N1CC[C@@H](C#CC#C[C@@H]2CCCC[C@H]2O)[C@H](O)C1.CC(C)(C)OC(=O)N1CC[C@@H](c2cn(CCc3ccccc3)nn2)[C@H](O)C1. The van der Waals surface area contributed by atoms with Gasteiger partial charge in [0, 0.05) is 50.1 Å². The fourth-order valence-corrected chi connectivity index (χ4v) is 8.00. The van der Waals surface area contributed by atoms with Crippen LogP contribution in [-0.2, 0) is 27.2 Å². The summed E-state index contributed by atoms with van der Waals surface area (Å²) < 4.78 is 17.8. The van der Waals surface area contributed by atoms with Gasteiger partial charge in [-0.1, -0.05) is 60.2 Å². The molecule has 4 N–H and O–H groups in total. The topological polar surface area (TPSA) is 200 Å². The minimum atomic E-state index is -0.698. The molecule has 4 fully saturated rings. The van der Waals surface area contributed by atoms with Crippen LogP contribution in [0.3, 0.4) is 0 Å². The standard InChI is InChI=1S/C20H28N4O3.C20H29NO4.C12H19NO3/c1-20(2,3)27-19(26)23-11-10-16(18(25)14-23)17-13-24(22-21-17)12-9-15-7-5-4-6-8-15;1-20(2,3)25-19(24)21-13-12-16(18(23)14-21)10-5-4-8-15-9-6-7-11-17(15)22;1-5-9-6-7-13(8-10(9)14)11(15)16-12(2,3)4/h4-8,13,16,18,25H,9-12,14H2,1-3H3;15-18,22-23H,6-7,9,11-14H2,1-3H3;1,9-10,14H,6-8H2,2-4H3/t16-,18+;15-,16-,17-,18-;9-,10-/m011/s1. The number of aliphatic hydroxyl groups is 4. The number of likely N-dealkylation sites (tertiary alicyclic amines) is 3. The summed E-state index contributed by atoms with van der Waals surface area (Å²) in [6.45, 7) is 19.5. The molecule has 0 bridgehead atoms. The van der Waals surface area contributed by atoms with Gasteiger partial charge in [0.1, 0.15) is 16.8 Å². The molecule has 8 atom stereocenters. The minimum Gasteiger partial charge on any atom is -0.444 e. The highest BCUT2D eigenvalue weighted by atomic mass is 16.6. The molecule has 1 saturated carbocycles. The number of piperidine rings is 3. The molecule has 16 nitrogen and oxygen atoms in total. The van der Waals surface area contributed by atoms with Crippen LogP contribution in [0.1, 0.15) is 124 Å². The molecule has 1 aromatic heterocycles. The fraction of sp³-hybridized carbons (Fsp3) is 0.673. The zero-order chi connectivity index (χ0) is 50.2. The summed E-state index contributed by atoms with van der Waals surface area (Å²) in [5, 5.41) is 48.8. The molecular weight excluding hydrogens is 869 g/mol. The molecule has 3 aliphatic heterocycles. The van der Waals surface area contributed by atoms with E-state index in [1.807, 2.05) is 91.4 Å². The summed E-state index contributed by atoms with van der Waals surface area (Å²) in [4.78, 5) is 40.5. The van der Waals surface area contributed by atoms with E-state index < -0.39 is 41.2 Å². The number of benzene rings is 1. The Morgan fingerprint density at radius 3 is 1.54 bits per heavy atom. The van der Waals surface area contributed by atoms with Crippen LogP contribution in [0.5, 0.6) is 0 Å². The van der Waals surface area contributed by atoms with Gasteiger partial charge in [0.25, 0.3) is 0 Å². The number of hydrogen-bond acceptors (Lipinski definition) is 12. The van der Waals surface area contributed by atoms with Crippen LogP contribution in [0.25, 0.3) is 0 Å². The molecule has 2 aromatic rings. The first-order valence-electron chi connectivity index (χ1n) is 24.0. The van der Waals surface area contributed by atoms with Crippen molar-refractivity contribution in [2.45, 2.75) is 167 Å². The quantitative estimate of drug-likeness (QED) is 0.206. The van der Waals surface area contributed by atoms with Crippen molar-refractivity contribution in [2.24, 2.45) is 17.8 Å². The van der Waals surface area contributed by atoms with Crippen molar-refractivity contribution in [1.29, 1.82) is 0 Å². The lowest BCUT2D eigenvalue weighted by Gasteiger charge is -2.35. The molecule has 4 aliphatic rings. The van der Waals surface area contributed by atoms with Crippen molar-refractivity contribution >= 4 is 18.3 Å². The summed E-state index contributed by atoms with van der Waals surface area (Å²) in [5.41, 5.74) is 0.434. The second kappa shape index (κ2) is 25.3. The molecule has 16 heteroatoms. The molecule has 0 radical (unpaired) electrons. The van der Waals surface area contributed by atoms with Crippen LogP contribution in [0, 0.1) is 53.8 Å². The van der Waals surface area contributed by atoms with Gasteiger partial charge >= 0.3 is 18.3 Å². The predicted molar refractivity (Wildman–Crippen MR) is 258 cm³/mol. The Morgan fingerprint density at radius 1 is 0.632 bits per heavy atom. The van der Waals surface area contributed by atoms with Crippen LogP contribution in [-0.4, -0.2) is 149 Å². The van der Waals surface area contributed by atoms with Crippen molar-refractivity contribution in [3.8, 4) is 36.0 Å². The monoisotopic (exact) mass is 945 g/mol. The molecule has 0 unspecified atom stereocenters. The molecule has 0 spiro atoms. The summed E-state index contributed by atoms with van der Waals surface area (Å²) >= 11 is 0. The number of carbonyl (C=O) groups is 3. The smallest absolute Gasteiger partial charge is 0.410 e. The number of ether oxygens (including phenoxy) is 3. The Bertz CT molecular complexity index is 2100. The summed E-state index contributed by atoms with van der Waals surface area (Å²) in [7, 11) is 0. The average Bonchev–Trinajstić information content (AvgIpc) is 3.73. The highest BCUT2D eigenvalue weighted by molar-refractivity contribution is 5.69. The van der Waals surface area contributed by atoms with E-state index in [1.165, 1.54) is 15.4 Å². The Hall–Kier alpha value is -5.31. The van der Waals surface area contributed by atoms with Gasteiger partial charge in [-0.25, -0.2) is 14.4 Å². The molecule has 6 rings (SSSR count). The number of amides is 3. The third kappa shape index (κ3) is 19.0. The molecule has 3 saturated heterocycles. The number of β-amino-alcohol motifs (C(OH)–C–C–N with tert-alkyl or cyclic N) is 3. The highest BCUT2D eigenvalue weighted by Crippen LogP contribution is 2.28. The molecule has 3 amide bonds. The van der Waals surface area contributed by atoms with Crippen LogP contribution in [0.15, 0.2) is 36.5 Å². The normalized spacial score (nSPS) is 25.2. The van der Waals surface area contributed by atoms with E-state index in [2.05, 4.69) is 52.0 Å². The van der Waals surface area contributed by atoms with Crippen molar-refractivity contribution in [1.82, 2.24) is 29.7 Å². The molecular formula is C52H76N6O10. The van der Waals surface area contributed by atoms with Crippen molar-refractivity contribution in [3.05, 3.63) is 47.8 Å². The van der Waals surface area contributed by atoms with Crippen LogP contribution in [0.4, 0.5) is 14.4 Å². The zero-order valence-electron chi connectivity index (χ0n) is 41.7. The number of aromatic nitrogens is 3. The third-order valence-electron chi connectivity index (χ3n) is 11.6. The van der Waals surface area contributed by atoms with E-state index in [9.17, 15) is 34.8 Å². The predicted octanol–water partition coefficient (Wildman–Crippen LogP) is 6.01. The number of carbonyl (C=O) groups excluding carboxylic acids is 3. The lowest BCUT2D eigenvalue weighted by atomic mass is 9.87. The van der Waals surface area contributed by atoms with E-state index in [4.69, 9.17) is 20.6 Å². The van der Waals surface area contributed by atoms with Gasteiger partial charge in [-0.05, 0) is 118 Å². The Morgan fingerprint density at radius 2 is 1.09 bits per heavy atom. The van der Waals surface area contributed by atoms with Gasteiger partial charge in [0.15, 0.2) is 0 Å². The lowest BCUT2D eigenvalue weighted by Crippen LogP contribution is -2.47. The van der Waals surface area contributed by atoms with Gasteiger partial charge in [-0.15, -0.1) is 17.4 Å². The number of terminal acetylenes is 1. The van der Waals surface area contributed by atoms with E-state index in [0.717, 1.165) is 44.3 Å². The first kappa shape index (κ1) is 55.3. The first-order valence-corrected chi connectivity index (χ1v) is 24.0. The van der Waals surface area contributed by atoms with E-state index >= 15 is 0 Å². The number of rotatable bonds is 4. The maximum Gasteiger partial charge on any atom is 0.410 e. The zero-order valence-corrected chi connectivity index (χ0v) is 41.7. The highest BCUT2D eigenvalue weighted by Gasteiger charge is 2.36. The molecule has 4 heterocycles. The van der Waals surface area contributed by atoms with Gasteiger partial charge in [0.05, 0.1) is 55.7 Å². The Balaban J connectivity index is 0.000000230. The van der Waals surface area contributed by atoms with Crippen LogP contribution < -0.4 is 0 Å². The minimum absolute atomic E-state index is 0.0157. The first-order chi connectivity index (χ1) is 31.9. The van der Waals surface area contributed by atoms with Crippen molar-refractivity contribution in [3.63, 3.8) is 0 Å². The second-order valence-electron chi connectivity index (χ2n) is 21.0. The van der Waals surface area contributed by atoms with Gasteiger partial charge < -0.3 is 49.3 Å². The number of nitrogens with zero attached hydrogens (tertiary/aromatic N) is 6. The number of hydrogen-bond donors (Lipinski definition) is 4. The maximum atomic E-state index is 12.2. The Kier molecular flexibility index (Phi) is 20.6. The summed E-state index contributed by atoms with van der Waals surface area (Å²) in [6, 6.07) is 10.2. The maximum absolute atomic E-state index is 12.2. The van der Waals surface area contributed by atoms with Crippen molar-refractivity contribution < 1.29 is 49.0 Å². The number of aryl methyl sites for hydroxylation is 2.